The molecule has 31 heavy (non-hydrogen) atoms. The Kier molecular flexibility index (Phi) is 6.94. The molecule has 4 rings (SSSR count). The predicted molar refractivity (Wildman–Crippen MR) is 124 cm³/mol. The van der Waals surface area contributed by atoms with Crippen LogP contribution in [0.2, 0.25) is 5.02 Å². The molecule has 1 aliphatic heterocycles. The third kappa shape index (κ3) is 5.47. The van der Waals surface area contributed by atoms with Gasteiger partial charge in [-0.1, -0.05) is 24.6 Å². The smallest absolute Gasteiger partial charge is 0.126 e. The van der Waals surface area contributed by atoms with Gasteiger partial charge in [-0.15, -0.1) is 0 Å². The zero-order valence-corrected chi connectivity index (χ0v) is 18.8. The molecule has 2 N–H and O–H groups in total. The van der Waals surface area contributed by atoms with Gasteiger partial charge < -0.3 is 15.4 Å². The summed E-state index contributed by atoms with van der Waals surface area (Å²) in [5.74, 6) is 2.39. The summed E-state index contributed by atoms with van der Waals surface area (Å²) in [4.78, 5) is 9.24. The fraction of sp³-hybridized carbons (Fsp3) is 0.542. The summed E-state index contributed by atoms with van der Waals surface area (Å²) >= 11 is 6.48. The number of ether oxygens (including phenoxy) is 1. The SMILES string of the molecule is CC1CCC(Nc2cc(-c3cccc(NCC4(C#N)CCOCC4)n3)c(Cl)cn2)CC1. The molecule has 1 saturated carbocycles. The van der Waals surface area contributed by atoms with Crippen LogP contribution in [-0.2, 0) is 4.74 Å². The summed E-state index contributed by atoms with van der Waals surface area (Å²) in [6.45, 7) is 4.14. The number of nitrogens with one attached hydrogen (secondary N) is 2. The fourth-order valence-corrected chi connectivity index (χ4v) is 4.56. The number of halogens is 1. The van der Waals surface area contributed by atoms with Gasteiger partial charge in [-0.25, -0.2) is 9.97 Å². The van der Waals surface area contributed by atoms with Crippen molar-refractivity contribution in [2.24, 2.45) is 11.3 Å². The van der Waals surface area contributed by atoms with E-state index in [0.29, 0.717) is 30.8 Å². The molecule has 1 saturated heterocycles. The molecule has 0 amide bonds. The number of aromatic nitrogens is 2. The average Bonchev–Trinajstić information content (AvgIpc) is 2.81. The lowest BCUT2D eigenvalue weighted by atomic mass is 9.82. The van der Waals surface area contributed by atoms with Gasteiger partial charge in [0, 0.05) is 37.6 Å². The number of nitrogens with zero attached hydrogens (tertiary/aromatic N) is 3. The van der Waals surface area contributed by atoms with Gasteiger partial charge >= 0.3 is 0 Å². The van der Waals surface area contributed by atoms with E-state index in [1.165, 1.54) is 25.7 Å². The van der Waals surface area contributed by atoms with Crippen molar-refractivity contribution in [2.45, 2.75) is 51.5 Å². The molecule has 2 aliphatic rings. The molecule has 164 valence electrons. The maximum Gasteiger partial charge on any atom is 0.126 e. The molecule has 0 unspecified atom stereocenters. The van der Waals surface area contributed by atoms with Crippen molar-refractivity contribution in [2.75, 3.05) is 30.4 Å². The van der Waals surface area contributed by atoms with Crippen molar-refractivity contribution in [3.63, 3.8) is 0 Å². The van der Waals surface area contributed by atoms with Crippen molar-refractivity contribution in [3.05, 3.63) is 35.5 Å². The maximum atomic E-state index is 9.67. The summed E-state index contributed by atoms with van der Waals surface area (Å²) in [6, 6.07) is 10.8. The number of anilines is 2. The topological polar surface area (TPSA) is 82.9 Å². The number of rotatable bonds is 6. The van der Waals surface area contributed by atoms with Crippen LogP contribution in [0.4, 0.5) is 11.6 Å². The minimum absolute atomic E-state index is 0.404. The third-order valence-electron chi connectivity index (χ3n) is 6.54. The van der Waals surface area contributed by atoms with Crippen LogP contribution in [0.1, 0.15) is 45.4 Å². The lowest BCUT2D eigenvalue weighted by Gasteiger charge is -2.30. The van der Waals surface area contributed by atoms with Crippen molar-refractivity contribution in [1.29, 1.82) is 5.26 Å². The quantitative estimate of drug-likeness (QED) is 0.616. The van der Waals surface area contributed by atoms with Crippen LogP contribution in [0.15, 0.2) is 30.5 Å². The molecule has 3 heterocycles. The molecule has 0 spiro atoms. The lowest BCUT2D eigenvalue weighted by Crippen LogP contribution is -2.34. The first-order chi connectivity index (χ1) is 15.1. The van der Waals surface area contributed by atoms with Crippen LogP contribution in [0.5, 0.6) is 0 Å². The Bertz CT molecular complexity index is 930. The first-order valence-electron chi connectivity index (χ1n) is 11.2. The molecule has 0 aromatic carbocycles. The molecule has 2 aromatic rings. The number of hydrogen-bond donors (Lipinski definition) is 2. The second kappa shape index (κ2) is 9.84. The molecule has 6 nitrogen and oxygen atoms in total. The van der Waals surface area contributed by atoms with Crippen molar-refractivity contribution < 1.29 is 4.74 Å². The Labute approximate surface area is 189 Å². The molecular formula is C24H30ClN5O. The van der Waals surface area contributed by atoms with Crippen LogP contribution in [0.25, 0.3) is 11.3 Å². The Morgan fingerprint density at radius 3 is 2.71 bits per heavy atom. The van der Waals surface area contributed by atoms with Crippen molar-refractivity contribution in [3.8, 4) is 17.3 Å². The third-order valence-corrected chi connectivity index (χ3v) is 6.84. The molecular weight excluding hydrogens is 410 g/mol. The Morgan fingerprint density at radius 2 is 1.97 bits per heavy atom. The van der Waals surface area contributed by atoms with Crippen LogP contribution in [0, 0.1) is 22.7 Å². The highest BCUT2D eigenvalue weighted by Gasteiger charge is 2.32. The van der Waals surface area contributed by atoms with Crippen molar-refractivity contribution >= 4 is 23.2 Å². The largest absolute Gasteiger partial charge is 0.381 e. The fourth-order valence-electron chi connectivity index (χ4n) is 4.36. The first kappa shape index (κ1) is 21.9. The number of hydrogen-bond acceptors (Lipinski definition) is 6. The highest BCUT2D eigenvalue weighted by atomic mass is 35.5. The van der Waals surface area contributed by atoms with E-state index in [1.807, 2.05) is 24.3 Å². The average molecular weight is 440 g/mol. The van der Waals surface area contributed by atoms with Gasteiger partial charge in [-0.2, -0.15) is 5.26 Å². The zero-order chi connectivity index (χ0) is 21.7. The predicted octanol–water partition coefficient (Wildman–Crippen LogP) is 5.52. The first-order valence-corrected chi connectivity index (χ1v) is 11.6. The minimum Gasteiger partial charge on any atom is -0.381 e. The monoisotopic (exact) mass is 439 g/mol. The normalized spacial score (nSPS) is 23.0. The Morgan fingerprint density at radius 1 is 1.19 bits per heavy atom. The molecule has 7 heteroatoms. The highest BCUT2D eigenvalue weighted by molar-refractivity contribution is 6.33. The van der Waals surface area contributed by atoms with E-state index in [2.05, 4.69) is 28.6 Å². The van der Waals surface area contributed by atoms with Gasteiger partial charge in [0.05, 0.1) is 22.2 Å². The van der Waals surface area contributed by atoms with Gasteiger partial charge in [0.25, 0.3) is 0 Å². The highest BCUT2D eigenvalue weighted by Crippen LogP contribution is 2.32. The summed E-state index contributed by atoms with van der Waals surface area (Å²) < 4.78 is 5.42. The molecule has 2 aromatic heterocycles. The molecule has 0 radical (unpaired) electrons. The molecule has 1 aliphatic carbocycles. The van der Waals surface area contributed by atoms with Gasteiger partial charge in [-0.3, -0.25) is 0 Å². The van der Waals surface area contributed by atoms with E-state index in [0.717, 1.165) is 41.7 Å². The minimum atomic E-state index is -0.404. The van der Waals surface area contributed by atoms with Gasteiger partial charge in [0.1, 0.15) is 11.6 Å². The standard InChI is InChI=1S/C24H30ClN5O/c1-17-5-7-18(8-6-17)29-23-13-19(20(25)14-27-23)21-3-2-4-22(30-21)28-16-24(15-26)9-11-31-12-10-24/h2-4,13-14,17-18H,5-12,16H2,1H3,(H,27,29)(H,28,30). The lowest BCUT2D eigenvalue weighted by molar-refractivity contribution is 0.0455. The summed E-state index contributed by atoms with van der Waals surface area (Å²) in [5.41, 5.74) is 1.24. The van der Waals surface area contributed by atoms with E-state index < -0.39 is 5.41 Å². The summed E-state index contributed by atoms with van der Waals surface area (Å²) in [5, 5.41) is 17.2. The molecule has 0 atom stereocenters. The molecule has 2 fully saturated rings. The summed E-state index contributed by atoms with van der Waals surface area (Å²) in [6.07, 6.45) is 8.02. The van der Waals surface area contributed by atoms with Crippen LogP contribution in [0.3, 0.4) is 0 Å². The molecule has 0 bridgehead atoms. The zero-order valence-electron chi connectivity index (χ0n) is 18.0. The number of pyridine rings is 2. The van der Waals surface area contributed by atoms with Gasteiger partial charge in [0.2, 0.25) is 0 Å². The van der Waals surface area contributed by atoms with E-state index >= 15 is 0 Å². The summed E-state index contributed by atoms with van der Waals surface area (Å²) in [7, 11) is 0. The van der Waals surface area contributed by atoms with Crippen LogP contribution < -0.4 is 10.6 Å². The maximum absolute atomic E-state index is 9.67. The van der Waals surface area contributed by atoms with Crippen LogP contribution >= 0.6 is 11.6 Å². The second-order valence-electron chi connectivity index (χ2n) is 8.92. The van der Waals surface area contributed by atoms with Gasteiger partial charge in [0.15, 0.2) is 0 Å². The van der Waals surface area contributed by atoms with Gasteiger partial charge in [-0.05, 0) is 62.6 Å². The van der Waals surface area contributed by atoms with E-state index in [4.69, 9.17) is 21.3 Å². The number of nitriles is 1. The second-order valence-corrected chi connectivity index (χ2v) is 9.32. The van der Waals surface area contributed by atoms with Crippen LogP contribution in [-0.4, -0.2) is 35.8 Å². The Hall–Kier alpha value is -2.36. The van der Waals surface area contributed by atoms with Crippen molar-refractivity contribution in [1.82, 2.24) is 9.97 Å². The Balaban J connectivity index is 1.47. The van der Waals surface area contributed by atoms with E-state index in [9.17, 15) is 5.26 Å². The van der Waals surface area contributed by atoms with E-state index in [1.54, 1.807) is 6.20 Å². The van der Waals surface area contributed by atoms with E-state index in [-0.39, 0.29) is 0 Å².